The second kappa shape index (κ2) is 8.80. The number of piperidine rings is 1. The molecular formula is C24H23F5N4O3. The van der Waals surface area contributed by atoms with Gasteiger partial charge < -0.3 is 9.64 Å². The van der Waals surface area contributed by atoms with Gasteiger partial charge in [-0.3, -0.25) is 14.0 Å². The molecule has 0 unspecified atom stereocenters. The van der Waals surface area contributed by atoms with Crippen molar-refractivity contribution in [3.63, 3.8) is 0 Å². The van der Waals surface area contributed by atoms with E-state index in [4.69, 9.17) is 4.74 Å². The second-order valence-electron chi connectivity index (χ2n) is 9.89. The molecule has 7 nitrogen and oxygen atoms in total. The van der Waals surface area contributed by atoms with Crippen molar-refractivity contribution >= 4 is 17.3 Å². The molecule has 2 aliphatic heterocycles. The van der Waals surface area contributed by atoms with Gasteiger partial charge >= 0.3 is 6.18 Å². The number of alkyl halides is 5. The van der Waals surface area contributed by atoms with Crippen molar-refractivity contribution in [1.82, 2.24) is 14.3 Å². The van der Waals surface area contributed by atoms with Gasteiger partial charge in [-0.25, -0.2) is 13.8 Å². The number of ether oxygens (including phenoxy) is 1. The molecule has 4 heterocycles. The summed E-state index contributed by atoms with van der Waals surface area (Å²) < 4.78 is 75.4. The predicted molar refractivity (Wildman–Crippen MR) is 114 cm³/mol. The zero-order chi connectivity index (χ0) is 25.8. The fraction of sp³-hybridized carbons (Fsp3) is 0.583. The molecule has 12 heteroatoms. The van der Waals surface area contributed by atoms with E-state index in [1.807, 2.05) is 6.07 Å². The van der Waals surface area contributed by atoms with Gasteiger partial charge in [-0.05, 0) is 37.3 Å². The summed E-state index contributed by atoms with van der Waals surface area (Å²) in [5, 5.41) is 9.76. The summed E-state index contributed by atoms with van der Waals surface area (Å²) in [6, 6.07) is 4.29. The van der Waals surface area contributed by atoms with Crippen LogP contribution in [-0.2, 0) is 22.1 Å². The van der Waals surface area contributed by atoms with E-state index in [1.165, 1.54) is 17.0 Å². The Morgan fingerprint density at radius 1 is 1.17 bits per heavy atom. The van der Waals surface area contributed by atoms with Gasteiger partial charge in [0.1, 0.15) is 23.2 Å². The fourth-order valence-electron chi connectivity index (χ4n) is 5.52. The number of nitrogens with zero attached hydrogens (tertiary/aromatic N) is 4. The summed E-state index contributed by atoms with van der Waals surface area (Å²) in [7, 11) is 0. The number of amides is 1. The first kappa shape index (κ1) is 24.6. The van der Waals surface area contributed by atoms with E-state index in [1.54, 1.807) is 0 Å². The quantitative estimate of drug-likeness (QED) is 0.585. The fourth-order valence-corrected chi connectivity index (χ4v) is 5.52. The van der Waals surface area contributed by atoms with E-state index in [9.17, 15) is 36.8 Å². The minimum absolute atomic E-state index is 0.00465. The van der Waals surface area contributed by atoms with Crippen molar-refractivity contribution in [3.05, 3.63) is 34.8 Å². The average molecular weight is 510 g/mol. The lowest BCUT2D eigenvalue weighted by Gasteiger charge is -2.39. The molecule has 5 rings (SSSR count). The number of carbonyl (C=O) groups excluding carboxylic acids is 2. The standard InChI is InChI=1S/C24H23F5N4O3/c25-23(26)3-1-13(2-4-23)5-18-21(24(27,28)29)31-19-7-14(6-17(8-30)33(18)19)22(35)32-9-15-11-36-12-16(10-32)20(15)34/h6-7,13,15-16H,1-5,9-12H2/t15-,16+. The summed E-state index contributed by atoms with van der Waals surface area (Å²) in [5.74, 6) is -4.63. The number of pyridine rings is 1. The van der Waals surface area contributed by atoms with Crippen molar-refractivity contribution in [1.29, 1.82) is 5.26 Å². The van der Waals surface area contributed by atoms with Crippen LogP contribution in [0.4, 0.5) is 22.0 Å². The highest BCUT2D eigenvalue weighted by Gasteiger charge is 2.42. The molecule has 2 atom stereocenters. The molecule has 1 saturated carbocycles. The van der Waals surface area contributed by atoms with Crippen molar-refractivity contribution in [2.24, 2.45) is 17.8 Å². The zero-order valence-corrected chi connectivity index (χ0v) is 19.2. The largest absolute Gasteiger partial charge is 0.435 e. The maximum absolute atomic E-state index is 13.9. The monoisotopic (exact) mass is 510 g/mol. The van der Waals surface area contributed by atoms with Gasteiger partial charge in [0.05, 0.1) is 30.7 Å². The number of carbonyl (C=O) groups is 2. The third kappa shape index (κ3) is 4.45. The Morgan fingerprint density at radius 2 is 1.81 bits per heavy atom. The smallest absolute Gasteiger partial charge is 0.380 e. The summed E-state index contributed by atoms with van der Waals surface area (Å²) >= 11 is 0. The van der Waals surface area contributed by atoms with Crippen molar-refractivity contribution in [2.75, 3.05) is 26.3 Å². The number of aromatic nitrogens is 2. The van der Waals surface area contributed by atoms with Gasteiger partial charge in [0.25, 0.3) is 5.91 Å². The highest BCUT2D eigenvalue weighted by Crippen LogP contribution is 2.40. The van der Waals surface area contributed by atoms with E-state index in [0.717, 1.165) is 4.40 Å². The molecule has 2 aromatic rings. The Bertz CT molecular complexity index is 1240. The average Bonchev–Trinajstić information content (AvgIpc) is 3.18. The van der Waals surface area contributed by atoms with E-state index >= 15 is 0 Å². The number of Topliss-reactive ketones (excluding diaryl/α,β-unsaturated/α-hetero) is 1. The van der Waals surface area contributed by atoms with Gasteiger partial charge in [-0.2, -0.15) is 18.4 Å². The number of fused-ring (bicyclic) bond motifs is 3. The van der Waals surface area contributed by atoms with Crippen LogP contribution in [0.1, 0.15) is 53.1 Å². The molecule has 3 aliphatic rings. The SMILES string of the molecule is N#Cc1cc(C(=O)N2C[C@H]3COC[C@@H](C2)C3=O)cc2nc(C(F)(F)F)c(CC3CCC(F)(F)CC3)n12. The van der Waals surface area contributed by atoms with E-state index in [2.05, 4.69) is 4.98 Å². The minimum atomic E-state index is -4.83. The maximum Gasteiger partial charge on any atom is 0.435 e. The molecule has 1 amide bonds. The Hall–Kier alpha value is -3.07. The molecule has 0 aromatic carbocycles. The molecule has 36 heavy (non-hydrogen) atoms. The van der Waals surface area contributed by atoms with Gasteiger partial charge in [-0.1, -0.05) is 0 Å². The topological polar surface area (TPSA) is 87.7 Å². The lowest BCUT2D eigenvalue weighted by Crippen LogP contribution is -2.54. The van der Waals surface area contributed by atoms with Crippen molar-refractivity contribution in [3.8, 4) is 6.07 Å². The van der Waals surface area contributed by atoms with Crippen molar-refractivity contribution < 1.29 is 36.3 Å². The number of imidazole rings is 1. The van der Waals surface area contributed by atoms with Crippen LogP contribution in [0.5, 0.6) is 0 Å². The lowest BCUT2D eigenvalue weighted by atomic mass is 9.83. The predicted octanol–water partition coefficient (Wildman–Crippen LogP) is 3.88. The van der Waals surface area contributed by atoms with Gasteiger partial charge in [-0.15, -0.1) is 0 Å². The Labute approximate surface area is 202 Å². The number of nitriles is 1. The molecule has 192 valence electrons. The highest BCUT2D eigenvalue weighted by atomic mass is 19.4. The first-order valence-electron chi connectivity index (χ1n) is 11.8. The van der Waals surface area contributed by atoms with Gasteiger partial charge in [0.2, 0.25) is 5.92 Å². The number of likely N-dealkylation sites (tertiary alicyclic amines) is 1. The molecule has 0 N–H and O–H groups in total. The van der Waals surface area contributed by atoms with Crippen LogP contribution >= 0.6 is 0 Å². The Kier molecular flexibility index (Phi) is 6.01. The Morgan fingerprint density at radius 3 is 2.39 bits per heavy atom. The summed E-state index contributed by atoms with van der Waals surface area (Å²) in [6.45, 7) is 0.655. The minimum Gasteiger partial charge on any atom is -0.380 e. The zero-order valence-electron chi connectivity index (χ0n) is 19.2. The maximum atomic E-state index is 13.9. The van der Waals surface area contributed by atoms with Crippen LogP contribution in [0.15, 0.2) is 12.1 Å². The van der Waals surface area contributed by atoms with Crippen LogP contribution < -0.4 is 0 Å². The van der Waals surface area contributed by atoms with Crippen LogP contribution in [-0.4, -0.2) is 58.2 Å². The number of rotatable bonds is 3. The van der Waals surface area contributed by atoms with E-state index in [-0.39, 0.29) is 73.9 Å². The molecule has 0 spiro atoms. The molecule has 1 aliphatic carbocycles. The van der Waals surface area contributed by atoms with Crippen LogP contribution in [0.25, 0.3) is 5.65 Å². The van der Waals surface area contributed by atoms with E-state index < -0.39 is 54.3 Å². The van der Waals surface area contributed by atoms with E-state index in [0.29, 0.717) is 0 Å². The number of hydrogen-bond donors (Lipinski definition) is 0. The summed E-state index contributed by atoms with van der Waals surface area (Å²) in [5.41, 5.74) is -1.87. The van der Waals surface area contributed by atoms with Gasteiger partial charge in [0, 0.05) is 31.5 Å². The number of halogens is 5. The molecule has 2 saturated heterocycles. The lowest BCUT2D eigenvalue weighted by molar-refractivity contribution is -0.143. The number of hydrogen-bond acceptors (Lipinski definition) is 5. The first-order chi connectivity index (χ1) is 17.0. The first-order valence-corrected chi connectivity index (χ1v) is 11.8. The van der Waals surface area contributed by atoms with Crippen molar-refractivity contribution in [2.45, 2.75) is 44.2 Å². The van der Waals surface area contributed by atoms with Crippen LogP contribution in [0.3, 0.4) is 0 Å². The molecule has 2 bridgehead atoms. The molecular weight excluding hydrogens is 487 g/mol. The normalized spacial score (nSPS) is 24.7. The Balaban J connectivity index is 1.51. The molecule has 3 fully saturated rings. The second-order valence-corrected chi connectivity index (χ2v) is 9.89. The third-order valence-electron chi connectivity index (χ3n) is 7.38. The van der Waals surface area contributed by atoms with Crippen LogP contribution in [0, 0.1) is 29.1 Å². The summed E-state index contributed by atoms with van der Waals surface area (Å²) in [6.07, 6.45) is -5.66. The highest BCUT2D eigenvalue weighted by molar-refractivity contribution is 5.97. The van der Waals surface area contributed by atoms with Crippen LogP contribution in [0.2, 0.25) is 0 Å². The third-order valence-corrected chi connectivity index (χ3v) is 7.38. The van der Waals surface area contributed by atoms with Gasteiger partial charge in [0.15, 0.2) is 5.69 Å². The summed E-state index contributed by atoms with van der Waals surface area (Å²) in [4.78, 5) is 30.7. The number of ketones is 1. The molecule has 2 aromatic heterocycles. The molecule has 0 radical (unpaired) electrons.